The number of aryl methyl sites for hydroxylation is 1. The van der Waals surface area contributed by atoms with E-state index >= 15 is 0 Å². The number of hydrogen-bond acceptors (Lipinski definition) is 6. The first-order valence-electron chi connectivity index (χ1n) is 8.09. The third-order valence-corrected chi connectivity index (χ3v) is 5.81. The van der Waals surface area contributed by atoms with Crippen LogP contribution in [0.4, 0.5) is 5.00 Å². The molecular formula is C17H17N5OS. The Morgan fingerprint density at radius 2 is 2.33 bits per heavy atom. The number of nitrogens with zero attached hydrogens (tertiary/aromatic N) is 4. The largest absolute Gasteiger partial charge is 0.315 e. The molecule has 122 valence electrons. The Hall–Kier alpha value is -2.30. The number of carbonyl (C=O) groups excluding carboxylic acids is 1. The van der Waals surface area contributed by atoms with Crippen molar-refractivity contribution in [3.05, 3.63) is 39.8 Å². The van der Waals surface area contributed by atoms with Gasteiger partial charge >= 0.3 is 0 Å². The van der Waals surface area contributed by atoms with Crippen molar-refractivity contribution in [1.29, 1.82) is 5.26 Å². The van der Waals surface area contributed by atoms with Gasteiger partial charge in [-0.05, 0) is 36.8 Å². The van der Waals surface area contributed by atoms with Crippen molar-refractivity contribution in [3.8, 4) is 6.07 Å². The Kier molecular flexibility index (Phi) is 4.00. The number of anilines is 1. The normalized spacial score (nSPS) is 16.3. The first-order valence-corrected chi connectivity index (χ1v) is 8.91. The van der Waals surface area contributed by atoms with Crippen LogP contribution < -0.4 is 5.32 Å². The highest BCUT2D eigenvalue weighted by atomic mass is 32.1. The summed E-state index contributed by atoms with van der Waals surface area (Å²) < 4.78 is 0. The second kappa shape index (κ2) is 6.30. The van der Waals surface area contributed by atoms with E-state index in [9.17, 15) is 10.1 Å². The Balaban J connectivity index is 1.42. The van der Waals surface area contributed by atoms with Gasteiger partial charge in [0.2, 0.25) is 5.91 Å². The van der Waals surface area contributed by atoms with Crippen LogP contribution in [0.15, 0.2) is 12.5 Å². The average molecular weight is 339 g/mol. The predicted octanol–water partition coefficient (Wildman–Crippen LogP) is 1.90. The number of fused-ring (bicyclic) bond motifs is 2. The van der Waals surface area contributed by atoms with Crippen molar-refractivity contribution in [2.45, 2.75) is 32.2 Å². The number of carbonyl (C=O) groups is 1. The minimum Gasteiger partial charge on any atom is -0.315 e. The summed E-state index contributed by atoms with van der Waals surface area (Å²) >= 11 is 1.56. The zero-order valence-corrected chi connectivity index (χ0v) is 14.0. The molecule has 7 heteroatoms. The third-order valence-electron chi connectivity index (χ3n) is 4.61. The number of aromatic nitrogens is 2. The van der Waals surface area contributed by atoms with E-state index < -0.39 is 0 Å². The lowest BCUT2D eigenvalue weighted by Crippen LogP contribution is -2.37. The van der Waals surface area contributed by atoms with Gasteiger partial charge in [-0.3, -0.25) is 9.69 Å². The SMILES string of the molecule is N#Cc1c(NC(=O)CN2CCc3cncnc3C2)sc2c1CCC2. The number of rotatable bonds is 3. The molecule has 2 aliphatic rings. The van der Waals surface area contributed by atoms with Crippen molar-refractivity contribution in [2.24, 2.45) is 0 Å². The molecule has 1 amide bonds. The first kappa shape index (κ1) is 15.2. The first-order chi connectivity index (χ1) is 11.7. The Morgan fingerprint density at radius 1 is 1.42 bits per heavy atom. The van der Waals surface area contributed by atoms with Crippen LogP contribution in [0.25, 0.3) is 0 Å². The Labute approximate surface area is 144 Å². The molecule has 1 aliphatic heterocycles. The number of hydrogen-bond donors (Lipinski definition) is 1. The second-order valence-corrected chi connectivity index (χ2v) is 7.28. The topological polar surface area (TPSA) is 81.9 Å². The minimum absolute atomic E-state index is 0.0658. The van der Waals surface area contributed by atoms with Crippen LogP contribution in [-0.4, -0.2) is 33.9 Å². The highest BCUT2D eigenvalue weighted by Crippen LogP contribution is 2.38. The summed E-state index contributed by atoms with van der Waals surface area (Å²) in [6, 6.07) is 2.26. The molecule has 0 saturated heterocycles. The zero-order chi connectivity index (χ0) is 16.5. The van der Waals surface area contributed by atoms with Gasteiger partial charge in [-0.1, -0.05) is 0 Å². The summed E-state index contributed by atoms with van der Waals surface area (Å²) in [4.78, 5) is 24.1. The third kappa shape index (κ3) is 2.79. The zero-order valence-electron chi connectivity index (χ0n) is 13.2. The van der Waals surface area contributed by atoms with E-state index in [0.717, 1.165) is 49.0 Å². The predicted molar refractivity (Wildman–Crippen MR) is 90.7 cm³/mol. The van der Waals surface area contributed by atoms with Crippen molar-refractivity contribution >= 4 is 22.2 Å². The average Bonchev–Trinajstić information content (AvgIpc) is 3.15. The molecule has 0 fully saturated rings. The number of nitriles is 1. The van der Waals surface area contributed by atoms with Gasteiger partial charge in [0.1, 0.15) is 17.4 Å². The fourth-order valence-corrected chi connectivity index (χ4v) is 4.68. The van der Waals surface area contributed by atoms with E-state index in [4.69, 9.17) is 0 Å². The highest BCUT2D eigenvalue weighted by molar-refractivity contribution is 7.16. The lowest BCUT2D eigenvalue weighted by molar-refractivity contribution is -0.117. The van der Waals surface area contributed by atoms with Crippen LogP contribution in [-0.2, 0) is 30.6 Å². The Bertz CT molecular complexity index is 838. The van der Waals surface area contributed by atoms with Crippen LogP contribution in [0.5, 0.6) is 0 Å². The smallest absolute Gasteiger partial charge is 0.239 e. The fourth-order valence-electron chi connectivity index (χ4n) is 3.42. The maximum Gasteiger partial charge on any atom is 0.239 e. The molecule has 4 rings (SSSR count). The molecule has 2 aromatic rings. The molecule has 3 heterocycles. The second-order valence-electron chi connectivity index (χ2n) is 6.18. The molecule has 1 N–H and O–H groups in total. The molecule has 0 spiro atoms. The van der Waals surface area contributed by atoms with Crippen molar-refractivity contribution in [3.63, 3.8) is 0 Å². The van der Waals surface area contributed by atoms with Crippen LogP contribution in [0.1, 0.15) is 33.7 Å². The van der Waals surface area contributed by atoms with Crippen LogP contribution in [0.2, 0.25) is 0 Å². The Morgan fingerprint density at radius 3 is 3.21 bits per heavy atom. The summed E-state index contributed by atoms with van der Waals surface area (Å²) in [6.07, 6.45) is 7.35. The summed E-state index contributed by atoms with van der Waals surface area (Å²) in [5, 5.41) is 13.1. The van der Waals surface area contributed by atoms with Gasteiger partial charge in [0, 0.05) is 24.2 Å². The van der Waals surface area contributed by atoms with E-state index in [1.54, 1.807) is 17.7 Å². The molecular weight excluding hydrogens is 322 g/mol. The molecule has 24 heavy (non-hydrogen) atoms. The molecule has 1 aliphatic carbocycles. The van der Waals surface area contributed by atoms with E-state index in [1.165, 1.54) is 4.88 Å². The molecule has 0 atom stereocenters. The molecule has 0 radical (unpaired) electrons. The monoisotopic (exact) mass is 339 g/mol. The lowest BCUT2D eigenvalue weighted by Gasteiger charge is -2.26. The fraction of sp³-hybridized carbons (Fsp3) is 0.412. The van der Waals surface area contributed by atoms with Crippen molar-refractivity contribution in [2.75, 3.05) is 18.4 Å². The summed E-state index contributed by atoms with van der Waals surface area (Å²) in [7, 11) is 0. The van der Waals surface area contributed by atoms with Crippen molar-refractivity contribution in [1.82, 2.24) is 14.9 Å². The van der Waals surface area contributed by atoms with Gasteiger partial charge in [0.25, 0.3) is 0 Å². The molecule has 0 unspecified atom stereocenters. The van der Waals surface area contributed by atoms with Gasteiger partial charge in [-0.15, -0.1) is 11.3 Å². The molecule has 0 saturated carbocycles. The van der Waals surface area contributed by atoms with E-state index in [2.05, 4.69) is 26.3 Å². The van der Waals surface area contributed by atoms with E-state index in [0.29, 0.717) is 23.7 Å². The summed E-state index contributed by atoms with van der Waals surface area (Å²) in [6.45, 7) is 1.80. The van der Waals surface area contributed by atoms with Gasteiger partial charge in [-0.25, -0.2) is 9.97 Å². The van der Waals surface area contributed by atoms with Gasteiger partial charge < -0.3 is 5.32 Å². The minimum atomic E-state index is -0.0658. The van der Waals surface area contributed by atoms with E-state index in [1.807, 2.05) is 6.20 Å². The van der Waals surface area contributed by atoms with Crippen LogP contribution in [0.3, 0.4) is 0 Å². The quantitative estimate of drug-likeness (QED) is 0.923. The van der Waals surface area contributed by atoms with Gasteiger partial charge in [0.15, 0.2) is 0 Å². The maximum atomic E-state index is 12.4. The number of nitrogens with one attached hydrogen (secondary N) is 1. The summed E-state index contributed by atoms with van der Waals surface area (Å²) in [5.74, 6) is -0.0658. The maximum absolute atomic E-state index is 12.4. The van der Waals surface area contributed by atoms with Gasteiger partial charge in [-0.2, -0.15) is 5.26 Å². The number of amides is 1. The molecule has 0 aromatic carbocycles. The van der Waals surface area contributed by atoms with Crippen LogP contribution in [0, 0.1) is 11.3 Å². The van der Waals surface area contributed by atoms with Crippen LogP contribution >= 0.6 is 11.3 Å². The lowest BCUT2D eigenvalue weighted by atomic mass is 10.1. The highest BCUT2D eigenvalue weighted by Gasteiger charge is 2.24. The molecule has 0 bridgehead atoms. The summed E-state index contributed by atoms with van der Waals surface area (Å²) in [5.41, 5.74) is 3.96. The van der Waals surface area contributed by atoms with E-state index in [-0.39, 0.29) is 5.91 Å². The molecule has 2 aromatic heterocycles. The molecule has 6 nitrogen and oxygen atoms in total. The van der Waals surface area contributed by atoms with Crippen molar-refractivity contribution < 1.29 is 4.79 Å². The van der Waals surface area contributed by atoms with Gasteiger partial charge in [0.05, 0.1) is 17.8 Å². The standard InChI is InChI=1S/C17H17N5OS/c18-6-13-12-2-1-3-15(12)24-17(13)21-16(23)9-22-5-4-11-7-19-10-20-14(11)8-22/h7,10H,1-5,8-9H2,(H,21,23). The number of thiophene rings is 1.